The molecule has 21 heavy (non-hydrogen) atoms. The van der Waals surface area contributed by atoms with Gasteiger partial charge in [0.15, 0.2) is 0 Å². The molecule has 4 nitrogen and oxygen atoms in total. The summed E-state index contributed by atoms with van der Waals surface area (Å²) in [4.78, 5) is 16.5. The molecule has 2 rings (SSSR count). The van der Waals surface area contributed by atoms with Crippen molar-refractivity contribution < 1.29 is 13.6 Å². The van der Waals surface area contributed by atoms with E-state index in [0.29, 0.717) is 27.4 Å². The Morgan fingerprint density at radius 2 is 2.14 bits per heavy atom. The molecule has 3 N–H and O–H groups in total. The number of nitrogens with two attached hydrogens (primary N) is 1. The van der Waals surface area contributed by atoms with Gasteiger partial charge < -0.3 is 11.1 Å². The van der Waals surface area contributed by atoms with Crippen LogP contribution >= 0.6 is 23.1 Å². The van der Waals surface area contributed by atoms with Crippen LogP contribution in [0.4, 0.5) is 14.5 Å². The number of aromatic nitrogens is 1. The number of thiazole rings is 1. The van der Waals surface area contributed by atoms with Crippen LogP contribution in [-0.2, 0) is 0 Å². The fourth-order valence-electron chi connectivity index (χ4n) is 1.56. The molecule has 1 unspecified atom stereocenters. The summed E-state index contributed by atoms with van der Waals surface area (Å²) in [6, 6.07) is 6.15. The largest absolute Gasteiger partial charge is 0.322 e. The van der Waals surface area contributed by atoms with E-state index < -0.39 is 11.7 Å². The summed E-state index contributed by atoms with van der Waals surface area (Å²) >= 11 is 1.68. The van der Waals surface area contributed by atoms with Gasteiger partial charge in [0.2, 0.25) is 0 Å². The van der Waals surface area contributed by atoms with E-state index in [2.05, 4.69) is 10.3 Å². The van der Waals surface area contributed by atoms with Crippen LogP contribution in [-0.4, -0.2) is 16.6 Å². The number of anilines is 1. The second-order valence-corrected chi connectivity index (χ2v) is 6.11. The fourth-order valence-corrected chi connectivity index (χ4v) is 2.91. The molecular formula is C13H13F2N3OS2. The number of halogens is 2. The third-order valence-corrected chi connectivity index (χ3v) is 4.33. The Labute approximate surface area is 128 Å². The molecule has 0 fully saturated rings. The van der Waals surface area contributed by atoms with Crippen LogP contribution in [0.15, 0.2) is 34.5 Å². The molecule has 0 saturated heterocycles. The SMILES string of the molecule is CC(N)c1nc(C(=O)Nc2ccccc2SC(F)F)cs1. The molecule has 0 aliphatic rings. The van der Waals surface area contributed by atoms with Crippen LogP contribution in [0.3, 0.4) is 0 Å². The zero-order valence-corrected chi connectivity index (χ0v) is 12.7. The molecule has 0 aliphatic heterocycles. The highest BCUT2D eigenvalue weighted by Gasteiger charge is 2.15. The number of rotatable bonds is 5. The number of alkyl halides is 2. The molecule has 0 saturated carbocycles. The number of carbonyl (C=O) groups excluding carboxylic acids is 1. The van der Waals surface area contributed by atoms with Crippen molar-refractivity contribution in [3.8, 4) is 0 Å². The van der Waals surface area contributed by atoms with Crippen LogP contribution in [0.25, 0.3) is 0 Å². The monoisotopic (exact) mass is 329 g/mol. The third-order valence-electron chi connectivity index (χ3n) is 2.50. The fraction of sp³-hybridized carbons (Fsp3) is 0.231. The molecule has 0 spiro atoms. The highest BCUT2D eigenvalue weighted by molar-refractivity contribution is 7.99. The molecule has 1 aromatic carbocycles. The van der Waals surface area contributed by atoms with E-state index in [0.717, 1.165) is 0 Å². The summed E-state index contributed by atoms with van der Waals surface area (Å²) < 4.78 is 25.0. The molecule has 1 aromatic heterocycles. The van der Waals surface area contributed by atoms with E-state index in [1.807, 2.05) is 0 Å². The van der Waals surface area contributed by atoms with E-state index in [4.69, 9.17) is 5.73 Å². The van der Waals surface area contributed by atoms with E-state index in [1.54, 1.807) is 30.5 Å². The van der Waals surface area contributed by atoms with Crippen molar-refractivity contribution in [1.82, 2.24) is 4.98 Å². The predicted molar refractivity (Wildman–Crippen MR) is 81.0 cm³/mol. The number of hydrogen-bond acceptors (Lipinski definition) is 5. The highest BCUT2D eigenvalue weighted by atomic mass is 32.2. The Balaban J connectivity index is 2.15. The van der Waals surface area contributed by atoms with Gasteiger partial charge in [-0.25, -0.2) is 4.98 Å². The number of benzene rings is 1. The third kappa shape index (κ3) is 4.23. The Kier molecular flexibility index (Phi) is 5.27. The van der Waals surface area contributed by atoms with Gasteiger partial charge in [-0.2, -0.15) is 8.78 Å². The Morgan fingerprint density at radius 3 is 2.76 bits per heavy atom. The highest BCUT2D eigenvalue weighted by Crippen LogP contribution is 2.31. The summed E-state index contributed by atoms with van der Waals surface area (Å²) in [5.41, 5.74) is 6.25. The maximum absolute atomic E-state index is 12.5. The molecule has 8 heteroatoms. The lowest BCUT2D eigenvalue weighted by atomic mass is 10.3. The van der Waals surface area contributed by atoms with Gasteiger partial charge in [-0.15, -0.1) is 11.3 Å². The van der Waals surface area contributed by atoms with Crippen LogP contribution in [0.5, 0.6) is 0 Å². The normalized spacial score (nSPS) is 12.4. The lowest BCUT2D eigenvalue weighted by Crippen LogP contribution is -2.14. The summed E-state index contributed by atoms with van der Waals surface area (Å²) in [7, 11) is 0. The van der Waals surface area contributed by atoms with Gasteiger partial charge in [-0.1, -0.05) is 23.9 Å². The number of thioether (sulfide) groups is 1. The maximum Gasteiger partial charge on any atom is 0.288 e. The summed E-state index contributed by atoms with van der Waals surface area (Å²) in [5.74, 6) is -2.99. The molecule has 0 bridgehead atoms. The van der Waals surface area contributed by atoms with Crippen molar-refractivity contribution in [2.24, 2.45) is 5.73 Å². The summed E-state index contributed by atoms with van der Waals surface area (Å²) in [6.07, 6.45) is 0. The second kappa shape index (κ2) is 6.97. The zero-order valence-electron chi connectivity index (χ0n) is 11.0. The van der Waals surface area contributed by atoms with E-state index in [1.165, 1.54) is 17.4 Å². The van der Waals surface area contributed by atoms with Gasteiger partial charge in [-0.3, -0.25) is 4.79 Å². The lowest BCUT2D eigenvalue weighted by molar-refractivity contribution is 0.102. The Bertz CT molecular complexity index is 631. The van der Waals surface area contributed by atoms with Crippen LogP contribution in [0.2, 0.25) is 0 Å². The first kappa shape index (κ1) is 15.9. The van der Waals surface area contributed by atoms with E-state index in [-0.39, 0.29) is 11.7 Å². The average Bonchev–Trinajstić information content (AvgIpc) is 2.90. The molecular weight excluding hydrogens is 316 g/mol. The van der Waals surface area contributed by atoms with Gasteiger partial charge in [-0.05, 0) is 19.1 Å². The van der Waals surface area contributed by atoms with Crippen molar-refractivity contribution in [2.45, 2.75) is 23.6 Å². The topological polar surface area (TPSA) is 68.0 Å². The second-order valence-electron chi connectivity index (χ2n) is 4.19. The lowest BCUT2D eigenvalue weighted by Gasteiger charge is -2.09. The molecule has 1 heterocycles. The van der Waals surface area contributed by atoms with Crippen molar-refractivity contribution in [3.63, 3.8) is 0 Å². The smallest absolute Gasteiger partial charge is 0.288 e. The average molecular weight is 329 g/mol. The first-order chi connectivity index (χ1) is 9.97. The minimum atomic E-state index is -2.55. The van der Waals surface area contributed by atoms with Gasteiger partial charge in [0.1, 0.15) is 10.7 Å². The van der Waals surface area contributed by atoms with Crippen molar-refractivity contribution in [2.75, 3.05) is 5.32 Å². The molecule has 1 amide bonds. The maximum atomic E-state index is 12.5. The number of nitrogens with zero attached hydrogens (tertiary/aromatic N) is 1. The van der Waals surface area contributed by atoms with Crippen molar-refractivity contribution in [3.05, 3.63) is 40.3 Å². The van der Waals surface area contributed by atoms with Gasteiger partial charge in [0, 0.05) is 10.3 Å². The molecule has 2 aromatic rings. The van der Waals surface area contributed by atoms with E-state index in [9.17, 15) is 13.6 Å². The number of hydrogen-bond donors (Lipinski definition) is 2. The minimum absolute atomic E-state index is 0.226. The van der Waals surface area contributed by atoms with Crippen LogP contribution in [0, 0.1) is 0 Å². The van der Waals surface area contributed by atoms with Crippen molar-refractivity contribution in [1.29, 1.82) is 0 Å². The summed E-state index contributed by atoms with van der Waals surface area (Å²) in [6.45, 7) is 1.77. The van der Waals surface area contributed by atoms with Crippen LogP contribution in [0.1, 0.15) is 28.5 Å². The van der Waals surface area contributed by atoms with E-state index >= 15 is 0 Å². The first-order valence-electron chi connectivity index (χ1n) is 6.03. The number of nitrogens with one attached hydrogen (secondary N) is 1. The number of amides is 1. The number of carbonyl (C=O) groups is 1. The van der Waals surface area contributed by atoms with Gasteiger partial charge in [0.25, 0.3) is 11.7 Å². The van der Waals surface area contributed by atoms with Crippen LogP contribution < -0.4 is 11.1 Å². The standard InChI is InChI=1S/C13H13F2N3OS2/c1-7(16)12-18-9(6-20-12)11(19)17-8-4-2-3-5-10(8)21-13(14)15/h2-7,13H,16H2,1H3,(H,17,19). The first-order valence-corrected chi connectivity index (χ1v) is 7.79. The Morgan fingerprint density at radius 1 is 1.43 bits per heavy atom. The number of para-hydroxylation sites is 1. The minimum Gasteiger partial charge on any atom is -0.322 e. The molecule has 112 valence electrons. The Hall–Kier alpha value is -1.51. The summed E-state index contributed by atoms with van der Waals surface area (Å²) in [5, 5.41) is 4.84. The van der Waals surface area contributed by atoms with Crippen molar-refractivity contribution >= 4 is 34.7 Å². The molecule has 1 atom stereocenters. The predicted octanol–water partition coefficient (Wildman–Crippen LogP) is 3.73. The van der Waals surface area contributed by atoms with Gasteiger partial charge >= 0.3 is 0 Å². The zero-order chi connectivity index (χ0) is 15.4. The molecule has 0 radical (unpaired) electrons. The van der Waals surface area contributed by atoms with Gasteiger partial charge in [0.05, 0.1) is 11.7 Å². The quantitative estimate of drug-likeness (QED) is 0.820. The molecule has 0 aliphatic carbocycles.